The minimum absolute atomic E-state index is 0.0555. The fourth-order valence-electron chi connectivity index (χ4n) is 3.88. The van der Waals surface area contributed by atoms with E-state index in [-0.39, 0.29) is 30.1 Å². The van der Waals surface area contributed by atoms with Crippen LogP contribution >= 0.6 is 0 Å². The first-order valence-corrected chi connectivity index (χ1v) is 10.6. The first-order chi connectivity index (χ1) is 15.6. The third-order valence-electron chi connectivity index (χ3n) is 5.52. The van der Waals surface area contributed by atoms with E-state index in [1.54, 1.807) is 11.1 Å². The summed E-state index contributed by atoms with van der Waals surface area (Å²) < 4.78 is 19.6. The molecule has 2 aromatic heterocycles. The summed E-state index contributed by atoms with van der Waals surface area (Å²) in [6.45, 7) is 3.94. The molecule has 10 nitrogen and oxygen atoms in total. The Labute approximate surface area is 185 Å². The SMILES string of the molecule is N#CCC(=O)N1CCCC1CNc1nc(Nc2ccc(N3CCOCC3)nc2)ncc1F. The molecule has 2 aliphatic rings. The van der Waals surface area contributed by atoms with Crippen molar-refractivity contribution in [3.8, 4) is 6.07 Å². The molecule has 0 radical (unpaired) electrons. The fraction of sp³-hybridized carbons (Fsp3) is 0.476. The van der Waals surface area contributed by atoms with Gasteiger partial charge in [-0.05, 0) is 25.0 Å². The molecule has 168 valence electrons. The summed E-state index contributed by atoms with van der Waals surface area (Å²) >= 11 is 0. The van der Waals surface area contributed by atoms with E-state index in [2.05, 4.69) is 30.5 Å². The number of nitrogens with zero attached hydrogens (tertiary/aromatic N) is 6. The van der Waals surface area contributed by atoms with Crippen LogP contribution in [0.2, 0.25) is 0 Å². The molecule has 4 rings (SSSR count). The molecular formula is C21H25FN8O2. The lowest BCUT2D eigenvalue weighted by Gasteiger charge is -2.27. The average molecular weight is 440 g/mol. The molecular weight excluding hydrogens is 415 g/mol. The van der Waals surface area contributed by atoms with Crippen LogP contribution in [0, 0.1) is 17.1 Å². The van der Waals surface area contributed by atoms with E-state index in [9.17, 15) is 9.18 Å². The number of hydrogen-bond donors (Lipinski definition) is 2. The number of carbonyl (C=O) groups is 1. The first-order valence-electron chi connectivity index (χ1n) is 10.6. The van der Waals surface area contributed by atoms with Gasteiger partial charge < -0.3 is 25.2 Å². The highest BCUT2D eigenvalue weighted by Crippen LogP contribution is 2.21. The van der Waals surface area contributed by atoms with Crippen LogP contribution in [0.15, 0.2) is 24.5 Å². The van der Waals surface area contributed by atoms with Crippen LogP contribution in [-0.2, 0) is 9.53 Å². The normalized spacial score (nSPS) is 18.3. The van der Waals surface area contributed by atoms with Gasteiger partial charge in [-0.25, -0.2) is 14.4 Å². The molecule has 2 aliphatic heterocycles. The predicted molar refractivity (Wildman–Crippen MR) is 116 cm³/mol. The van der Waals surface area contributed by atoms with E-state index in [1.807, 2.05) is 18.2 Å². The minimum Gasteiger partial charge on any atom is -0.378 e. The molecule has 0 aromatic carbocycles. The summed E-state index contributed by atoms with van der Waals surface area (Å²) in [6.07, 6.45) is 4.28. The Morgan fingerprint density at radius 3 is 2.84 bits per heavy atom. The molecule has 0 spiro atoms. The highest BCUT2D eigenvalue weighted by molar-refractivity contribution is 5.78. The van der Waals surface area contributed by atoms with E-state index in [1.165, 1.54) is 0 Å². The molecule has 1 unspecified atom stereocenters. The monoisotopic (exact) mass is 440 g/mol. The van der Waals surface area contributed by atoms with Gasteiger partial charge in [-0.3, -0.25) is 4.79 Å². The number of pyridine rings is 1. The summed E-state index contributed by atoms with van der Waals surface area (Å²) in [5, 5.41) is 14.8. The maximum atomic E-state index is 14.3. The lowest BCUT2D eigenvalue weighted by Crippen LogP contribution is -2.39. The van der Waals surface area contributed by atoms with Crippen LogP contribution in [0.3, 0.4) is 0 Å². The zero-order chi connectivity index (χ0) is 22.3. The van der Waals surface area contributed by atoms with Crippen molar-refractivity contribution in [3.05, 3.63) is 30.3 Å². The van der Waals surface area contributed by atoms with Crippen LogP contribution in [0.5, 0.6) is 0 Å². The van der Waals surface area contributed by atoms with Crippen molar-refractivity contribution in [1.29, 1.82) is 5.26 Å². The number of aromatic nitrogens is 3. The predicted octanol–water partition coefficient (Wildman–Crippen LogP) is 1.91. The molecule has 32 heavy (non-hydrogen) atoms. The van der Waals surface area contributed by atoms with Gasteiger partial charge in [0.15, 0.2) is 11.6 Å². The Kier molecular flexibility index (Phi) is 6.91. The largest absolute Gasteiger partial charge is 0.378 e. The average Bonchev–Trinajstić information content (AvgIpc) is 3.29. The molecule has 2 aromatic rings. The Morgan fingerprint density at radius 1 is 1.25 bits per heavy atom. The molecule has 0 saturated carbocycles. The van der Waals surface area contributed by atoms with Gasteiger partial charge in [0.2, 0.25) is 11.9 Å². The zero-order valence-corrected chi connectivity index (χ0v) is 17.6. The molecule has 11 heteroatoms. The number of hydrogen-bond acceptors (Lipinski definition) is 9. The standard InChI is InChI=1S/C21H25FN8O2/c22-17-14-26-21(27-15-3-4-18(24-12-15)29-8-10-32-11-9-29)28-20(17)25-13-16-2-1-7-30(16)19(31)5-6-23/h3-4,12,14,16H,1-2,5,7-11,13H2,(H2,25,26,27,28). The Hall–Kier alpha value is -3.52. The number of anilines is 4. The highest BCUT2D eigenvalue weighted by atomic mass is 19.1. The summed E-state index contributed by atoms with van der Waals surface area (Å²) in [7, 11) is 0. The van der Waals surface area contributed by atoms with E-state index < -0.39 is 5.82 Å². The Morgan fingerprint density at radius 2 is 2.09 bits per heavy atom. The fourth-order valence-corrected chi connectivity index (χ4v) is 3.88. The van der Waals surface area contributed by atoms with Gasteiger partial charge in [-0.15, -0.1) is 0 Å². The Bertz CT molecular complexity index is 975. The van der Waals surface area contributed by atoms with Crippen molar-refractivity contribution in [2.24, 2.45) is 0 Å². The number of morpholine rings is 1. The topological polar surface area (TPSA) is 119 Å². The van der Waals surface area contributed by atoms with E-state index >= 15 is 0 Å². The maximum absolute atomic E-state index is 14.3. The lowest BCUT2D eigenvalue weighted by molar-refractivity contribution is -0.130. The van der Waals surface area contributed by atoms with Gasteiger partial charge in [-0.2, -0.15) is 10.2 Å². The number of amides is 1. The van der Waals surface area contributed by atoms with Crippen molar-refractivity contribution >= 4 is 29.2 Å². The summed E-state index contributed by atoms with van der Waals surface area (Å²) in [5.74, 6) is 0.381. The molecule has 0 aliphatic carbocycles. The minimum atomic E-state index is -0.579. The number of rotatable bonds is 7. The zero-order valence-electron chi connectivity index (χ0n) is 17.6. The van der Waals surface area contributed by atoms with Gasteiger partial charge in [-0.1, -0.05) is 0 Å². The molecule has 0 bridgehead atoms. The molecule has 2 N–H and O–H groups in total. The number of nitrogens with one attached hydrogen (secondary N) is 2. The summed E-state index contributed by atoms with van der Waals surface area (Å²) in [4.78, 5) is 28.6. The van der Waals surface area contributed by atoms with Crippen LogP contribution in [-0.4, -0.2) is 71.2 Å². The highest BCUT2D eigenvalue weighted by Gasteiger charge is 2.28. The second kappa shape index (κ2) is 10.2. The van der Waals surface area contributed by atoms with Crippen LogP contribution in [0.4, 0.5) is 27.7 Å². The molecule has 2 fully saturated rings. The first kappa shape index (κ1) is 21.7. The summed E-state index contributed by atoms with van der Waals surface area (Å²) in [5.41, 5.74) is 0.684. The van der Waals surface area contributed by atoms with Gasteiger partial charge in [0, 0.05) is 32.2 Å². The quantitative estimate of drug-likeness (QED) is 0.665. The van der Waals surface area contributed by atoms with E-state index in [4.69, 9.17) is 10.00 Å². The Balaban J connectivity index is 1.37. The van der Waals surface area contributed by atoms with Crippen molar-refractivity contribution in [3.63, 3.8) is 0 Å². The van der Waals surface area contributed by atoms with Gasteiger partial charge in [0.05, 0.1) is 37.4 Å². The maximum Gasteiger partial charge on any atom is 0.237 e. The van der Waals surface area contributed by atoms with Gasteiger partial charge in [0.25, 0.3) is 0 Å². The summed E-state index contributed by atoms with van der Waals surface area (Å²) in [6, 6.07) is 5.56. The number of carbonyl (C=O) groups excluding carboxylic acids is 1. The number of likely N-dealkylation sites (tertiary alicyclic amines) is 1. The van der Waals surface area contributed by atoms with Gasteiger partial charge >= 0.3 is 0 Å². The van der Waals surface area contributed by atoms with E-state index in [0.717, 1.165) is 37.9 Å². The molecule has 1 atom stereocenters. The van der Waals surface area contributed by atoms with Crippen LogP contribution < -0.4 is 15.5 Å². The third-order valence-corrected chi connectivity index (χ3v) is 5.52. The van der Waals surface area contributed by atoms with Crippen LogP contribution in [0.1, 0.15) is 19.3 Å². The number of halogens is 1. The van der Waals surface area contributed by atoms with Crippen molar-refractivity contribution in [2.75, 3.05) is 54.9 Å². The number of nitriles is 1. The molecule has 4 heterocycles. The third kappa shape index (κ3) is 5.20. The van der Waals surface area contributed by atoms with Crippen molar-refractivity contribution < 1.29 is 13.9 Å². The van der Waals surface area contributed by atoms with E-state index in [0.29, 0.717) is 32.0 Å². The second-order valence-electron chi connectivity index (χ2n) is 7.62. The van der Waals surface area contributed by atoms with Crippen molar-refractivity contribution in [1.82, 2.24) is 19.9 Å². The van der Waals surface area contributed by atoms with Gasteiger partial charge in [0.1, 0.15) is 12.2 Å². The molecule has 2 saturated heterocycles. The smallest absolute Gasteiger partial charge is 0.237 e. The molecule has 1 amide bonds. The lowest BCUT2D eigenvalue weighted by atomic mass is 10.2. The van der Waals surface area contributed by atoms with Crippen molar-refractivity contribution in [2.45, 2.75) is 25.3 Å². The van der Waals surface area contributed by atoms with Crippen LogP contribution in [0.25, 0.3) is 0 Å². The second-order valence-corrected chi connectivity index (χ2v) is 7.62. The number of ether oxygens (including phenoxy) is 1.